The Morgan fingerprint density at radius 3 is 1.18 bits per heavy atom. The number of nitrogens with zero attached hydrogens (tertiary/aromatic N) is 2. The maximum absolute atomic E-state index is 6.55. The smallest absolute Gasteiger partial charge is 0.137 e. The summed E-state index contributed by atoms with van der Waals surface area (Å²) in [5.41, 5.74) is 16.4. The van der Waals surface area contributed by atoms with E-state index in [0.29, 0.717) is 0 Å². The summed E-state index contributed by atoms with van der Waals surface area (Å²) >= 11 is 1.85. The zero-order chi connectivity index (χ0) is 46.8. The lowest BCUT2D eigenvalue weighted by atomic mass is 9.97. The fraction of sp³-hybridized carbons (Fsp3) is 0. The number of hydrogen-bond donors (Lipinski definition) is 0. The molecule has 0 aliphatic rings. The van der Waals surface area contributed by atoms with Crippen molar-refractivity contribution < 1.29 is 8.83 Å². The molecular weight excluding hydrogens is 885 g/mol. The third-order valence-corrected chi connectivity index (χ3v) is 15.0. The number of benzene rings is 11. The number of furan rings is 2. The van der Waals surface area contributed by atoms with Crippen LogP contribution in [0.1, 0.15) is 0 Å². The zero-order valence-electron chi connectivity index (χ0n) is 38.4. The van der Waals surface area contributed by atoms with Gasteiger partial charge in [0.2, 0.25) is 0 Å². The topological polar surface area (TPSA) is 32.8 Å². The minimum Gasteiger partial charge on any atom is -0.456 e. The van der Waals surface area contributed by atoms with Crippen LogP contribution in [0.2, 0.25) is 0 Å². The predicted molar refractivity (Wildman–Crippen MR) is 300 cm³/mol. The average Bonchev–Trinajstić information content (AvgIpc) is 4.12. The molecule has 14 rings (SSSR count). The zero-order valence-corrected chi connectivity index (χ0v) is 39.2. The molecule has 4 nitrogen and oxygen atoms in total. The highest BCUT2D eigenvalue weighted by Gasteiger charge is 2.22. The summed E-state index contributed by atoms with van der Waals surface area (Å²) < 4.78 is 15.7. The second-order valence-corrected chi connectivity index (χ2v) is 19.2. The highest BCUT2D eigenvalue weighted by molar-refractivity contribution is 7.25. The second kappa shape index (κ2) is 16.8. The quantitative estimate of drug-likeness (QED) is 0.144. The fourth-order valence-corrected chi connectivity index (χ4v) is 11.5. The van der Waals surface area contributed by atoms with Crippen molar-refractivity contribution in [1.29, 1.82) is 0 Å². The van der Waals surface area contributed by atoms with E-state index in [4.69, 9.17) is 8.83 Å². The summed E-state index contributed by atoms with van der Waals surface area (Å²) in [6, 6.07) is 91.2. The summed E-state index contributed by atoms with van der Waals surface area (Å²) in [5.74, 6) is 0. The van der Waals surface area contributed by atoms with Crippen molar-refractivity contribution in [2.75, 3.05) is 9.80 Å². The summed E-state index contributed by atoms with van der Waals surface area (Å²) in [6.45, 7) is 0. The molecule has 0 unspecified atom stereocenters. The van der Waals surface area contributed by atoms with Crippen LogP contribution in [0.5, 0.6) is 0 Å². The second-order valence-electron chi connectivity index (χ2n) is 18.1. The van der Waals surface area contributed by atoms with Gasteiger partial charge >= 0.3 is 0 Å². The van der Waals surface area contributed by atoms with Gasteiger partial charge in [-0.2, -0.15) is 0 Å². The molecule has 0 N–H and O–H groups in total. The van der Waals surface area contributed by atoms with E-state index in [1.807, 2.05) is 35.6 Å². The van der Waals surface area contributed by atoms with Gasteiger partial charge in [0.1, 0.15) is 22.3 Å². The standard InChI is InChI=1S/C66H42N2O2S/c1-3-13-49(14-4-1)67(50-15-5-2-6-16-50)53-37-48(46-29-25-44(26-30-46)43-23-27-45(28-24-43)47-31-36-66-60(39-47)59-19-9-12-22-65(59)71-66)38-54(40-53)68(51-32-34-57-55-17-7-10-20-61(55)69-63(57)41-51)52-33-35-58-56-18-8-11-21-62(56)70-64(58)42-52/h1-42H. The predicted octanol–water partition coefficient (Wildman–Crippen LogP) is 19.8. The van der Waals surface area contributed by atoms with E-state index in [9.17, 15) is 0 Å². The average molecular weight is 927 g/mol. The van der Waals surface area contributed by atoms with Crippen molar-refractivity contribution in [1.82, 2.24) is 0 Å². The molecule has 14 aromatic rings. The van der Waals surface area contributed by atoms with Gasteiger partial charge in [-0.05, 0) is 130 Å². The Morgan fingerprint density at radius 1 is 0.225 bits per heavy atom. The lowest BCUT2D eigenvalue weighted by Crippen LogP contribution is -2.13. The molecule has 3 aromatic heterocycles. The maximum Gasteiger partial charge on any atom is 0.137 e. The van der Waals surface area contributed by atoms with Gasteiger partial charge in [0.05, 0.1) is 0 Å². The first-order valence-corrected chi connectivity index (χ1v) is 24.8. The van der Waals surface area contributed by atoms with E-state index in [-0.39, 0.29) is 0 Å². The van der Waals surface area contributed by atoms with E-state index < -0.39 is 0 Å². The normalized spacial score (nSPS) is 11.7. The molecule has 0 saturated carbocycles. The molecule has 5 heteroatoms. The first-order chi connectivity index (χ1) is 35.1. The number of fused-ring (bicyclic) bond motifs is 9. The van der Waals surface area contributed by atoms with Gasteiger partial charge in [-0.15, -0.1) is 11.3 Å². The molecule has 71 heavy (non-hydrogen) atoms. The van der Waals surface area contributed by atoms with Gasteiger partial charge in [-0.3, -0.25) is 0 Å². The lowest BCUT2D eigenvalue weighted by Gasteiger charge is -2.30. The summed E-state index contributed by atoms with van der Waals surface area (Å²) in [7, 11) is 0. The van der Waals surface area contributed by atoms with Crippen molar-refractivity contribution in [2.45, 2.75) is 0 Å². The van der Waals surface area contributed by atoms with Gasteiger partial charge in [-0.25, -0.2) is 0 Å². The van der Waals surface area contributed by atoms with Crippen LogP contribution in [0.15, 0.2) is 264 Å². The van der Waals surface area contributed by atoms with E-state index in [1.54, 1.807) is 0 Å². The van der Waals surface area contributed by atoms with Crippen LogP contribution in [0, 0.1) is 0 Å². The van der Waals surface area contributed by atoms with Crippen LogP contribution >= 0.6 is 11.3 Å². The van der Waals surface area contributed by atoms with E-state index in [1.165, 1.54) is 36.9 Å². The van der Waals surface area contributed by atoms with Crippen LogP contribution in [0.4, 0.5) is 34.1 Å². The molecule has 0 saturated heterocycles. The Kier molecular flexibility index (Phi) is 9.68. The number of thiophene rings is 1. The Morgan fingerprint density at radius 2 is 0.634 bits per heavy atom. The van der Waals surface area contributed by atoms with Gasteiger partial charge in [-0.1, -0.05) is 146 Å². The van der Waals surface area contributed by atoms with Crippen LogP contribution in [-0.2, 0) is 0 Å². The third kappa shape index (κ3) is 7.22. The third-order valence-electron chi connectivity index (χ3n) is 13.8. The number of para-hydroxylation sites is 4. The van der Waals surface area contributed by atoms with E-state index in [2.05, 4.69) is 240 Å². The minimum absolute atomic E-state index is 0.825. The van der Waals surface area contributed by atoms with Crippen molar-refractivity contribution in [2.24, 2.45) is 0 Å². The molecule has 0 aliphatic carbocycles. The largest absolute Gasteiger partial charge is 0.456 e. The monoisotopic (exact) mass is 926 g/mol. The number of rotatable bonds is 9. The molecule has 11 aromatic carbocycles. The van der Waals surface area contributed by atoms with Crippen LogP contribution in [0.25, 0.3) is 97.4 Å². The summed E-state index contributed by atoms with van der Waals surface area (Å²) in [5, 5.41) is 6.98. The number of hydrogen-bond acceptors (Lipinski definition) is 5. The highest BCUT2D eigenvalue weighted by atomic mass is 32.1. The molecular formula is C66H42N2O2S. The summed E-state index contributed by atoms with van der Waals surface area (Å²) in [6.07, 6.45) is 0. The molecule has 3 heterocycles. The first-order valence-electron chi connectivity index (χ1n) is 24.0. The van der Waals surface area contributed by atoms with Crippen molar-refractivity contribution >= 4 is 110 Å². The van der Waals surface area contributed by atoms with Crippen molar-refractivity contribution in [3.05, 3.63) is 255 Å². The van der Waals surface area contributed by atoms with Crippen LogP contribution in [-0.4, -0.2) is 0 Å². The van der Waals surface area contributed by atoms with E-state index >= 15 is 0 Å². The Hall–Kier alpha value is -9.16. The van der Waals surface area contributed by atoms with Crippen LogP contribution in [0.3, 0.4) is 0 Å². The van der Waals surface area contributed by atoms with Gasteiger partial charge in [0.15, 0.2) is 0 Å². The number of anilines is 6. The molecule has 0 aliphatic heterocycles. The van der Waals surface area contributed by atoms with Gasteiger partial charge < -0.3 is 18.6 Å². The molecule has 0 radical (unpaired) electrons. The van der Waals surface area contributed by atoms with Gasteiger partial charge in [0.25, 0.3) is 0 Å². The van der Waals surface area contributed by atoms with Crippen LogP contribution < -0.4 is 9.80 Å². The van der Waals surface area contributed by atoms with Gasteiger partial charge in [0, 0.05) is 88.0 Å². The molecule has 0 bridgehead atoms. The van der Waals surface area contributed by atoms with Crippen molar-refractivity contribution in [3.63, 3.8) is 0 Å². The fourth-order valence-electron chi connectivity index (χ4n) is 10.4. The Balaban J connectivity index is 0.911. The first kappa shape index (κ1) is 40.9. The maximum atomic E-state index is 6.55. The highest BCUT2D eigenvalue weighted by Crippen LogP contribution is 2.46. The molecule has 0 spiro atoms. The Labute approximate surface area is 414 Å². The molecule has 0 amide bonds. The Bertz CT molecular complexity index is 4130. The van der Waals surface area contributed by atoms with Crippen molar-refractivity contribution in [3.8, 4) is 33.4 Å². The SMILES string of the molecule is c1ccc(N(c2ccccc2)c2cc(-c3ccc(-c4ccc(-c5ccc6sc7ccccc7c6c5)cc4)cc3)cc(N(c3ccc4c(c3)oc3ccccc34)c3ccc4c(c3)oc3ccccc34)c2)cc1. The minimum atomic E-state index is 0.825. The lowest BCUT2D eigenvalue weighted by molar-refractivity contribution is 0.669. The molecule has 334 valence electrons. The van der Waals surface area contributed by atoms with E-state index in [0.717, 1.165) is 94.7 Å². The summed E-state index contributed by atoms with van der Waals surface area (Å²) in [4.78, 5) is 4.67. The molecule has 0 atom stereocenters. The molecule has 0 fully saturated rings.